The number of rotatable bonds is 4. The first kappa shape index (κ1) is 19.0. The first-order valence-electron chi connectivity index (χ1n) is 9.83. The summed E-state index contributed by atoms with van der Waals surface area (Å²) in [6.45, 7) is 3.43. The Morgan fingerprint density at radius 1 is 1.10 bits per heavy atom. The number of carbonyl (C=O) groups is 3. The molecule has 0 aliphatic carbocycles. The second kappa shape index (κ2) is 7.95. The van der Waals surface area contributed by atoms with Gasteiger partial charge in [0, 0.05) is 37.9 Å². The van der Waals surface area contributed by atoms with E-state index in [0.29, 0.717) is 25.3 Å². The number of fused-ring (bicyclic) bond motifs is 1. The Kier molecular flexibility index (Phi) is 5.20. The molecule has 1 atom stereocenters. The van der Waals surface area contributed by atoms with Gasteiger partial charge < -0.3 is 15.5 Å². The van der Waals surface area contributed by atoms with Crippen LogP contribution in [0.25, 0.3) is 0 Å². The van der Waals surface area contributed by atoms with Crippen molar-refractivity contribution in [2.45, 2.75) is 25.8 Å². The molecule has 2 aromatic carbocycles. The van der Waals surface area contributed by atoms with Crippen molar-refractivity contribution in [3.8, 4) is 0 Å². The highest BCUT2D eigenvalue weighted by Crippen LogP contribution is 2.32. The van der Waals surface area contributed by atoms with Gasteiger partial charge in [0.25, 0.3) is 0 Å². The van der Waals surface area contributed by atoms with E-state index in [9.17, 15) is 14.4 Å². The van der Waals surface area contributed by atoms with Crippen LogP contribution in [0, 0.1) is 0 Å². The summed E-state index contributed by atoms with van der Waals surface area (Å²) < 4.78 is 0. The summed E-state index contributed by atoms with van der Waals surface area (Å²) in [5.74, 6) is -0.171. The molecular weight excluding hydrogens is 368 g/mol. The lowest BCUT2D eigenvalue weighted by atomic mass is 9.90. The smallest absolute Gasteiger partial charge is 0.321 e. The molecule has 4 rings (SSSR count). The average Bonchev–Trinajstić information content (AvgIpc) is 3.14. The molecule has 2 aromatic rings. The number of amides is 4. The van der Waals surface area contributed by atoms with E-state index in [1.54, 1.807) is 28.9 Å². The fraction of sp³-hybridized carbons (Fsp3) is 0.318. The van der Waals surface area contributed by atoms with Crippen molar-refractivity contribution in [1.82, 2.24) is 10.2 Å². The van der Waals surface area contributed by atoms with Crippen molar-refractivity contribution in [2.75, 3.05) is 29.9 Å². The van der Waals surface area contributed by atoms with Crippen LogP contribution in [0.15, 0.2) is 48.5 Å². The second-order valence-electron chi connectivity index (χ2n) is 7.36. The molecule has 2 aliphatic heterocycles. The second-order valence-corrected chi connectivity index (χ2v) is 7.36. The molecule has 0 aromatic heterocycles. The standard InChI is InChI=1S/C22H24N4O3/c1-15(27)25-12-10-16-4-2-3-5-19(16)20(25)14-21(28)24-17-6-8-18(9-7-17)26-13-11-23-22(26)29/h2-9,20H,10-14H2,1H3,(H,23,29)(H,24,28). The molecular formula is C22H24N4O3. The SMILES string of the molecule is CC(=O)N1CCc2ccccc2C1CC(=O)Nc1ccc(N2CCNC2=O)cc1. The number of hydrogen-bond donors (Lipinski definition) is 2. The van der Waals surface area contributed by atoms with Gasteiger partial charge in [0.1, 0.15) is 0 Å². The molecule has 1 unspecified atom stereocenters. The minimum Gasteiger partial charge on any atom is -0.336 e. The van der Waals surface area contributed by atoms with Gasteiger partial charge in [-0.05, 0) is 41.8 Å². The van der Waals surface area contributed by atoms with Gasteiger partial charge in [-0.3, -0.25) is 14.5 Å². The van der Waals surface area contributed by atoms with E-state index in [4.69, 9.17) is 0 Å². The maximum atomic E-state index is 12.7. The summed E-state index contributed by atoms with van der Waals surface area (Å²) in [6.07, 6.45) is 1.01. The molecule has 0 spiro atoms. The Morgan fingerprint density at radius 3 is 2.55 bits per heavy atom. The van der Waals surface area contributed by atoms with Gasteiger partial charge in [0.05, 0.1) is 12.5 Å². The number of hydrogen-bond acceptors (Lipinski definition) is 3. The molecule has 2 N–H and O–H groups in total. The van der Waals surface area contributed by atoms with E-state index in [0.717, 1.165) is 17.7 Å². The third-order valence-electron chi connectivity index (χ3n) is 5.52. The van der Waals surface area contributed by atoms with Crippen LogP contribution in [-0.4, -0.2) is 42.4 Å². The molecule has 7 heteroatoms. The van der Waals surface area contributed by atoms with E-state index in [1.165, 1.54) is 5.56 Å². The topological polar surface area (TPSA) is 81.8 Å². The Labute approximate surface area is 169 Å². The van der Waals surface area contributed by atoms with Crippen LogP contribution in [-0.2, 0) is 16.0 Å². The van der Waals surface area contributed by atoms with Gasteiger partial charge in [-0.1, -0.05) is 24.3 Å². The minimum absolute atomic E-state index is 0.0226. The van der Waals surface area contributed by atoms with Crippen LogP contribution >= 0.6 is 0 Å². The monoisotopic (exact) mass is 392 g/mol. The maximum absolute atomic E-state index is 12.7. The van der Waals surface area contributed by atoms with E-state index in [2.05, 4.69) is 16.7 Å². The molecule has 1 saturated heterocycles. The van der Waals surface area contributed by atoms with Crippen molar-refractivity contribution >= 4 is 29.2 Å². The number of nitrogens with zero attached hydrogens (tertiary/aromatic N) is 2. The van der Waals surface area contributed by atoms with Gasteiger partial charge in [-0.15, -0.1) is 0 Å². The van der Waals surface area contributed by atoms with E-state index < -0.39 is 0 Å². The molecule has 7 nitrogen and oxygen atoms in total. The maximum Gasteiger partial charge on any atom is 0.321 e. The van der Waals surface area contributed by atoms with Crippen LogP contribution < -0.4 is 15.5 Å². The van der Waals surface area contributed by atoms with Crippen molar-refractivity contribution < 1.29 is 14.4 Å². The molecule has 0 saturated carbocycles. The first-order valence-corrected chi connectivity index (χ1v) is 9.83. The van der Waals surface area contributed by atoms with Crippen molar-refractivity contribution in [3.63, 3.8) is 0 Å². The molecule has 29 heavy (non-hydrogen) atoms. The van der Waals surface area contributed by atoms with Gasteiger partial charge >= 0.3 is 6.03 Å². The van der Waals surface area contributed by atoms with E-state index in [-0.39, 0.29) is 30.3 Å². The Bertz CT molecular complexity index is 941. The summed E-state index contributed by atoms with van der Waals surface area (Å²) in [7, 11) is 0. The Hall–Kier alpha value is -3.35. The largest absolute Gasteiger partial charge is 0.336 e. The fourth-order valence-corrected chi connectivity index (χ4v) is 4.08. The average molecular weight is 392 g/mol. The Balaban J connectivity index is 1.46. The van der Waals surface area contributed by atoms with Crippen molar-refractivity contribution in [1.29, 1.82) is 0 Å². The van der Waals surface area contributed by atoms with Crippen LogP contribution in [0.3, 0.4) is 0 Å². The zero-order valence-electron chi connectivity index (χ0n) is 16.4. The predicted octanol–water partition coefficient (Wildman–Crippen LogP) is 2.69. The minimum atomic E-state index is -0.259. The molecule has 150 valence electrons. The number of benzene rings is 2. The number of carbonyl (C=O) groups excluding carboxylic acids is 3. The number of anilines is 2. The number of urea groups is 1. The molecule has 4 amide bonds. The zero-order valence-corrected chi connectivity index (χ0v) is 16.4. The Morgan fingerprint density at radius 2 is 1.86 bits per heavy atom. The summed E-state index contributed by atoms with van der Waals surface area (Å²) in [5, 5.41) is 5.68. The number of nitrogens with one attached hydrogen (secondary N) is 2. The highest BCUT2D eigenvalue weighted by molar-refractivity contribution is 5.95. The molecule has 2 heterocycles. The molecule has 2 aliphatic rings. The third-order valence-corrected chi connectivity index (χ3v) is 5.52. The lowest BCUT2D eigenvalue weighted by molar-refractivity contribution is -0.132. The van der Waals surface area contributed by atoms with Crippen LogP contribution in [0.5, 0.6) is 0 Å². The summed E-state index contributed by atoms with van der Waals surface area (Å²) in [6, 6.07) is 14.8. The van der Waals surface area contributed by atoms with Crippen molar-refractivity contribution in [2.24, 2.45) is 0 Å². The molecule has 0 radical (unpaired) electrons. The van der Waals surface area contributed by atoms with E-state index >= 15 is 0 Å². The highest BCUT2D eigenvalue weighted by Gasteiger charge is 2.30. The summed E-state index contributed by atoms with van der Waals surface area (Å²) >= 11 is 0. The van der Waals surface area contributed by atoms with Crippen LogP contribution in [0.1, 0.15) is 30.5 Å². The predicted molar refractivity (Wildman–Crippen MR) is 111 cm³/mol. The molecule has 0 bridgehead atoms. The first-order chi connectivity index (χ1) is 14.0. The quantitative estimate of drug-likeness (QED) is 0.839. The van der Waals surface area contributed by atoms with E-state index in [1.807, 2.05) is 30.3 Å². The van der Waals surface area contributed by atoms with Gasteiger partial charge in [-0.2, -0.15) is 0 Å². The molecule has 1 fully saturated rings. The summed E-state index contributed by atoms with van der Waals surface area (Å²) in [4.78, 5) is 40.0. The van der Waals surface area contributed by atoms with Gasteiger partial charge in [0.2, 0.25) is 11.8 Å². The van der Waals surface area contributed by atoms with Crippen molar-refractivity contribution in [3.05, 3.63) is 59.7 Å². The zero-order chi connectivity index (χ0) is 20.4. The highest BCUT2D eigenvalue weighted by atomic mass is 16.2. The van der Waals surface area contributed by atoms with Gasteiger partial charge in [0.15, 0.2) is 0 Å². The normalized spacial score (nSPS) is 18.2. The fourth-order valence-electron chi connectivity index (χ4n) is 4.08. The van der Waals surface area contributed by atoms with Gasteiger partial charge in [-0.25, -0.2) is 4.79 Å². The van der Waals surface area contributed by atoms with Crippen LogP contribution in [0.2, 0.25) is 0 Å². The lowest BCUT2D eigenvalue weighted by Gasteiger charge is -2.36. The lowest BCUT2D eigenvalue weighted by Crippen LogP contribution is -2.40. The summed E-state index contributed by atoms with van der Waals surface area (Å²) in [5.41, 5.74) is 3.69. The third kappa shape index (κ3) is 3.94. The van der Waals surface area contributed by atoms with Crippen LogP contribution in [0.4, 0.5) is 16.2 Å².